The number of carbonyl (C=O) groups excluding carboxylic acids is 1. The number of rotatable bonds is 5. The maximum atomic E-state index is 12.5. The quantitative estimate of drug-likeness (QED) is 0.616. The molecule has 6 nitrogen and oxygen atoms in total. The molecule has 2 aromatic carbocycles. The average Bonchev–Trinajstić information content (AvgIpc) is 2.64. The molecule has 3 aromatic rings. The van der Waals surface area contributed by atoms with Gasteiger partial charge in [-0.15, -0.1) is 0 Å². The Hall–Kier alpha value is -2.80. The normalized spacial score (nSPS) is 10.7. The summed E-state index contributed by atoms with van der Waals surface area (Å²) in [4.78, 5) is 24.9. The van der Waals surface area contributed by atoms with E-state index in [1.165, 1.54) is 14.2 Å². The van der Waals surface area contributed by atoms with E-state index in [0.717, 1.165) is 4.47 Å². The van der Waals surface area contributed by atoms with Gasteiger partial charge in [-0.1, -0.05) is 22.0 Å². The van der Waals surface area contributed by atoms with Crippen LogP contribution in [-0.4, -0.2) is 20.1 Å². The molecular weight excluding hydrogens is 414 g/mol. The van der Waals surface area contributed by atoms with Crippen molar-refractivity contribution in [2.75, 3.05) is 19.5 Å². The Morgan fingerprint density at radius 2 is 1.96 bits per heavy atom. The van der Waals surface area contributed by atoms with Gasteiger partial charge in [0.2, 0.25) is 11.7 Å². The first-order valence-electron chi connectivity index (χ1n) is 8.17. The van der Waals surface area contributed by atoms with E-state index < -0.39 is 5.63 Å². The van der Waals surface area contributed by atoms with E-state index in [2.05, 4.69) is 21.2 Å². The van der Waals surface area contributed by atoms with Crippen molar-refractivity contribution in [2.24, 2.45) is 0 Å². The van der Waals surface area contributed by atoms with Crippen molar-refractivity contribution in [2.45, 2.75) is 13.3 Å². The molecule has 1 heterocycles. The minimum atomic E-state index is -0.573. The minimum Gasteiger partial charge on any atom is -0.493 e. The van der Waals surface area contributed by atoms with Crippen LogP contribution in [0.4, 0.5) is 5.69 Å². The molecule has 140 valence electrons. The van der Waals surface area contributed by atoms with Crippen LogP contribution in [-0.2, 0) is 11.2 Å². The molecule has 27 heavy (non-hydrogen) atoms. The summed E-state index contributed by atoms with van der Waals surface area (Å²) in [7, 11) is 2.99. The van der Waals surface area contributed by atoms with Gasteiger partial charge in [-0.25, -0.2) is 4.79 Å². The van der Waals surface area contributed by atoms with Gasteiger partial charge >= 0.3 is 5.63 Å². The lowest BCUT2D eigenvalue weighted by Gasteiger charge is -2.13. The third-order valence-electron chi connectivity index (χ3n) is 4.24. The largest absolute Gasteiger partial charge is 0.493 e. The maximum absolute atomic E-state index is 12.5. The first-order valence-corrected chi connectivity index (χ1v) is 8.96. The molecule has 1 N–H and O–H groups in total. The fourth-order valence-electron chi connectivity index (χ4n) is 2.90. The van der Waals surface area contributed by atoms with Crippen molar-refractivity contribution in [3.63, 3.8) is 0 Å². The highest BCUT2D eigenvalue weighted by molar-refractivity contribution is 9.10. The number of carbonyl (C=O) groups is 1. The third kappa shape index (κ3) is 3.83. The molecule has 3 rings (SSSR count). The summed E-state index contributed by atoms with van der Waals surface area (Å²) in [6.07, 6.45) is -0.0923. The van der Waals surface area contributed by atoms with Gasteiger partial charge < -0.3 is 19.2 Å². The van der Waals surface area contributed by atoms with Crippen molar-refractivity contribution in [1.29, 1.82) is 0 Å². The smallest absolute Gasteiger partial charge is 0.340 e. The standard InChI is InChI=1S/C20H18BrNO5/c1-11-14-7-8-16(25-2)19(26-3)18(14)27-20(24)15(11)10-17(23)22-13-6-4-5-12(21)9-13/h4-9H,10H2,1-3H3,(H,22,23). The van der Waals surface area contributed by atoms with Crippen LogP contribution in [0.1, 0.15) is 11.1 Å². The molecule has 0 aliphatic heterocycles. The Morgan fingerprint density at radius 1 is 1.19 bits per heavy atom. The number of fused-ring (bicyclic) bond motifs is 1. The van der Waals surface area contributed by atoms with Gasteiger partial charge in [0.15, 0.2) is 11.3 Å². The summed E-state index contributed by atoms with van der Waals surface area (Å²) >= 11 is 3.36. The highest BCUT2D eigenvalue weighted by Gasteiger charge is 2.19. The van der Waals surface area contributed by atoms with Crippen LogP contribution in [0.5, 0.6) is 11.5 Å². The van der Waals surface area contributed by atoms with Crippen LogP contribution < -0.4 is 20.4 Å². The average molecular weight is 432 g/mol. The van der Waals surface area contributed by atoms with Crippen molar-refractivity contribution < 1.29 is 18.7 Å². The summed E-state index contributed by atoms with van der Waals surface area (Å²) in [5.41, 5.74) is 1.35. The number of nitrogens with one attached hydrogen (secondary N) is 1. The van der Waals surface area contributed by atoms with Crippen LogP contribution in [0.3, 0.4) is 0 Å². The number of amides is 1. The van der Waals surface area contributed by atoms with Gasteiger partial charge in [0.1, 0.15) is 0 Å². The van der Waals surface area contributed by atoms with Crippen LogP contribution in [0.2, 0.25) is 0 Å². The number of methoxy groups -OCH3 is 2. The molecule has 0 saturated carbocycles. The summed E-state index contributed by atoms with van der Waals surface area (Å²) in [5.74, 6) is 0.511. The van der Waals surface area contributed by atoms with Gasteiger partial charge in [-0.2, -0.15) is 0 Å². The molecule has 0 spiro atoms. The second-order valence-electron chi connectivity index (χ2n) is 5.91. The number of anilines is 1. The molecule has 0 fully saturated rings. The van der Waals surface area contributed by atoms with E-state index >= 15 is 0 Å². The lowest BCUT2D eigenvalue weighted by atomic mass is 10.0. The van der Waals surface area contributed by atoms with E-state index in [-0.39, 0.29) is 12.3 Å². The number of halogens is 1. The van der Waals surface area contributed by atoms with E-state index in [9.17, 15) is 9.59 Å². The zero-order valence-electron chi connectivity index (χ0n) is 15.1. The van der Waals surface area contributed by atoms with E-state index in [0.29, 0.717) is 39.3 Å². The molecule has 1 aromatic heterocycles. The van der Waals surface area contributed by atoms with Crippen molar-refractivity contribution in [1.82, 2.24) is 0 Å². The molecule has 0 aliphatic carbocycles. The van der Waals surface area contributed by atoms with Crippen molar-refractivity contribution in [3.8, 4) is 11.5 Å². The van der Waals surface area contributed by atoms with Crippen LogP contribution in [0.15, 0.2) is 50.1 Å². The fourth-order valence-corrected chi connectivity index (χ4v) is 3.30. The summed E-state index contributed by atoms with van der Waals surface area (Å²) in [6, 6.07) is 10.7. The lowest BCUT2D eigenvalue weighted by molar-refractivity contribution is -0.115. The van der Waals surface area contributed by atoms with E-state index in [1.54, 1.807) is 31.2 Å². The van der Waals surface area contributed by atoms with E-state index in [4.69, 9.17) is 13.9 Å². The molecule has 0 aliphatic rings. The Balaban J connectivity index is 1.97. The van der Waals surface area contributed by atoms with Crippen LogP contribution in [0.25, 0.3) is 11.0 Å². The zero-order valence-corrected chi connectivity index (χ0v) is 16.7. The molecule has 7 heteroatoms. The maximum Gasteiger partial charge on any atom is 0.340 e. The Bertz CT molecular complexity index is 1070. The zero-order chi connectivity index (χ0) is 19.6. The molecule has 0 unspecified atom stereocenters. The summed E-state index contributed by atoms with van der Waals surface area (Å²) in [6.45, 7) is 1.78. The Morgan fingerprint density at radius 3 is 2.63 bits per heavy atom. The number of hydrogen-bond donors (Lipinski definition) is 1. The molecule has 0 bridgehead atoms. The van der Waals surface area contributed by atoms with Crippen LogP contribution >= 0.6 is 15.9 Å². The fraction of sp³-hybridized carbons (Fsp3) is 0.200. The number of benzene rings is 2. The van der Waals surface area contributed by atoms with Gasteiger partial charge in [0, 0.05) is 15.5 Å². The second-order valence-corrected chi connectivity index (χ2v) is 6.82. The summed E-state index contributed by atoms with van der Waals surface area (Å²) in [5, 5.41) is 3.47. The molecule has 0 saturated heterocycles. The molecular formula is C20H18BrNO5. The van der Waals surface area contributed by atoms with Gasteiger partial charge in [0.05, 0.1) is 26.2 Å². The monoisotopic (exact) mass is 431 g/mol. The SMILES string of the molecule is COc1ccc2c(C)c(CC(=O)Nc3cccc(Br)c3)c(=O)oc2c1OC. The topological polar surface area (TPSA) is 77.8 Å². The number of hydrogen-bond acceptors (Lipinski definition) is 5. The van der Waals surface area contributed by atoms with Crippen molar-refractivity contribution >= 4 is 38.5 Å². The molecule has 1 amide bonds. The Kier molecular flexibility index (Phi) is 5.51. The van der Waals surface area contributed by atoms with Gasteiger partial charge in [0.25, 0.3) is 0 Å². The van der Waals surface area contributed by atoms with Gasteiger partial charge in [-0.3, -0.25) is 4.79 Å². The van der Waals surface area contributed by atoms with Gasteiger partial charge in [-0.05, 0) is 42.8 Å². The Labute approximate surface area is 164 Å². The molecule has 0 radical (unpaired) electrons. The second kappa shape index (κ2) is 7.84. The van der Waals surface area contributed by atoms with Crippen LogP contribution in [0, 0.1) is 6.92 Å². The highest BCUT2D eigenvalue weighted by Crippen LogP contribution is 2.36. The highest BCUT2D eigenvalue weighted by atomic mass is 79.9. The van der Waals surface area contributed by atoms with Crippen molar-refractivity contribution in [3.05, 3.63) is 62.4 Å². The van der Waals surface area contributed by atoms with E-state index in [1.807, 2.05) is 12.1 Å². The minimum absolute atomic E-state index is 0.0923. The predicted molar refractivity (Wildman–Crippen MR) is 107 cm³/mol. The number of aryl methyl sites for hydroxylation is 1. The predicted octanol–water partition coefficient (Wildman–Crippen LogP) is 4.06. The summed E-state index contributed by atoms with van der Waals surface area (Å²) < 4.78 is 16.9. The lowest BCUT2D eigenvalue weighted by Crippen LogP contribution is -2.20. The third-order valence-corrected chi connectivity index (χ3v) is 4.74. The first kappa shape index (κ1) is 19.0. The molecule has 0 atom stereocenters. The number of ether oxygens (including phenoxy) is 2. The first-order chi connectivity index (χ1) is 12.9.